The molecule has 2 heterocycles. The number of amides is 1. The Kier molecular flexibility index (Phi) is 4.74. The Morgan fingerprint density at radius 1 is 1.00 bits per heavy atom. The number of thiazole rings is 1. The van der Waals surface area contributed by atoms with Crippen molar-refractivity contribution in [2.45, 2.75) is 6.42 Å². The maximum Gasteiger partial charge on any atom is 0.228 e. The van der Waals surface area contributed by atoms with Gasteiger partial charge in [0.05, 0.1) is 22.3 Å². The van der Waals surface area contributed by atoms with Gasteiger partial charge in [-0.25, -0.2) is 9.67 Å². The van der Waals surface area contributed by atoms with E-state index in [0.717, 1.165) is 37.7 Å². The van der Waals surface area contributed by atoms with E-state index < -0.39 is 0 Å². The third kappa shape index (κ3) is 3.81. The molecule has 5 rings (SSSR count). The highest BCUT2D eigenvalue weighted by Gasteiger charge is 2.09. The molecule has 0 aliphatic rings. The van der Waals surface area contributed by atoms with Crippen LogP contribution in [0.3, 0.4) is 0 Å². The molecule has 3 aromatic carbocycles. The predicted molar refractivity (Wildman–Crippen MR) is 117 cm³/mol. The van der Waals surface area contributed by atoms with E-state index in [1.54, 1.807) is 16.0 Å². The molecule has 0 saturated heterocycles. The molecule has 0 radical (unpaired) electrons. The minimum atomic E-state index is -0.0772. The molecular weight excluding hydrogens is 396 g/mol. The van der Waals surface area contributed by atoms with Crippen molar-refractivity contribution in [2.24, 2.45) is 0 Å². The maximum atomic E-state index is 12.5. The summed E-state index contributed by atoms with van der Waals surface area (Å²) in [7, 11) is 0. The topological polar surface area (TPSA) is 85.6 Å². The smallest absolute Gasteiger partial charge is 0.228 e. The third-order valence-corrected chi connectivity index (χ3v) is 5.69. The summed E-state index contributed by atoms with van der Waals surface area (Å²) >= 11 is 1.64. The second-order valence-corrected chi connectivity index (χ2v) is 7.74. The van der Waals surface area contributed by atoms with Crippen LogP contribution in [0.4, 0.5) is 5.69 Å². The van der Waals surface area contributed by atoms with Crippen molar-refractivity contribution in [1.29, 1.82) is 0 Å². The van der Waals surface area contributed by atoms with E-state index in [2.05, 4.69) is 26.9 Å². The number of nitrogens with one attached hydrogen (secondary N) is 1. The highest BCUT2D eigenvalue weighted by Crippen LogP contribution is 2.31. The van der Waals surface area contributed by atoms with Crippen LogP contribution in [0.5, 0.6) is 0 Å². The van der Waals surface area contributed by atoms with E-state index in [-0.39, 0.29) is 12.3 Å². The van der Waals surface area contributed by atoms with Crippen LogP contribution >= 0.6 is 11.3 Å². The molecule has 0 spiro atoms. The molecule has 0 aliphatic carbocycles. The molecule has 0 fully saturated rings. The molecule has 0 atom stereocenters. The van der Waals surface area contributed by atoms with Gasteiger partial charge in [-0.3, -0.25) is 4.79 Å². The van der Waals surface area contributed by atoms with E-state index in [0.29, 0.717) is 0 Å². The number of anilines is 1. The zero-order valence-electron chi connectivity index (χ0n) is 15.8. The van der Waals surface area contributed by atoms with Gasteiger partial charge in [0.1, 0.15) is 11.3 Å². The number of carbonyl (C=O) groups excluding carboxylic acids is 1. The van der Waals surface area contributed by atoms with Gasteiger partial charge < -0.3 is 5.32 Å². The van der Waals surface area contributed by atoms with Crippen molar-refractivity contribution in [2.75, 3.05) is 5.32 Å². The normalized spacial score (nSPS) is 10.9. The molecular formula is C22H16N6OS. The summed E-state index contributed by atoms with van der Waals surface area (Å²) in [4.78, 5) is 17.2. The Labute approximate surface area is 176 Å². The van der Waals surface area contributed by atoms with Crippen molar-refractivity contribution in [3.63, 3.8) is 0 Å². The van der Waals surface area contributed by atoms with Crippen molar-refractivity contribution < 1.29 is 4.79 Å². The van der Waals surface area contributed by atoms with Crippen LogP contribution in [0.1, 0.15) is 5.56 Å². The maximum absolute atomic E-state index is 12.5. The molecule has 5 aromatic rings. The molecule has 1 N–H and O–H groups in total. The van der Waals surface area contributed by atoms with Gasteiger partial charge in [-0.2, -0.15) is 0 Å². The zero-order valence-corrected chi connectivity index (χ0v) is 16.6. The first kappa shape index (κ1) is 18.1. The van der Waals surface area contributed by atoms with Gasteiger partial charge in [-0.1, -0.05) is 36.4 Å². The molecule has 2 aromatic heterocycles. The highest BCUT2D eigenvalue weighted by molar-refractivity contribution is 7.21. The van der Waals surface area contributed by atoms with Crippen molar-refractivity contribution in [3.05, 3.63) is 84.7 Å². The summed E-state index contributed by atoms with van der Waals surface area (Å²) in [6.07, 6.45) is 1.81. The minimum absolute atomic E-state index is 0.0772. The quantitative estimate of drug-likeness (QED) is 0.469. The van der Waals surface area contributed by atoms with Gasteiger partial charge in [-0.05, 0) is 52.4 Å². The lowest BCUT2D eigenvalue weighted by Crippen LogP contribution is -2.14. The summed E-state index contributed by atoms with van der Waals surface area (Å²) in [5.41, 5.74) is 4.47. The number of nitrogens with zero attached hydrogens (tertiary/aromatic N) is 5. The summed E-state index contributed by atoms with van der Waals surface area (Å²) < 4.78 is 2.71. The second-order valence-electron chi connectivity index (χ2n) is 6.71. The number of aromatic nitrogens is 5. The van der Waals surface area contributed by atoms with Gasteiger partial charge in [-0.15, -0.1) is 16.4 Å². The molecule has 0 aliphatic heterocycles. The first-order valence-corrected chi connectivity index (χ1v) is 10.1. The molecule has 30 heavy (non-hydrogen) atoms. The van der Waals surface area contributed by atoms with Crippen molar-refractivity contribution >= 4 is 33.1 Å². The van der Waals surface area contributed by atoms with Crippen LogP contribution in [0, 0.1) is 0 Å². The van der Waals surface area contributed by atoms with Gasteiger partial charge in [0.25, 0.3) is 0 Å². The van der Waals surface area contributed by atoms with Crippen molar-refractivity contribution in [3.8, 4) is 16.3 Å². The molecule has 1 amide bonds. The summed E-state index contributed by atoms with van der Waals surface area (Å²) in [5, 5.41) is 15.0. The first-order chi connectivity index (χ1) is 14.7. The zero-order chi connectivity index (χ0) is 20.3. The summed E-state index contributed by atoms with van der Waals surface area (Å²) in [6.45, 7) is 0. The van der Waals surface area contributed by atoms with Crippen LogP contribution in [-0.4, -0.2) is 31.1 Å². The van der Waals surface area contributed by atoms with Crippen LogP contribution in [0.15, 0.2) is 79.1 Å². The van der Waals surface area contributed by atoms with Crippen LogP contribution in [0.2, 0.25) is 0 Å². The fraction of sp³-hybridized carbons (Fsp3) is 0.0455. The molecule has 8 heteroatoms. The SMILES string of the molecule is O=C(Cc1ccc(-n2cnnn2)cc1)Nc1cccc(-c2nc3ccccc3s2)c1. The predicted octanol–water partition coefficient (Wildman–Crippen LogP) is 4.12. The van der Waals surface area contributed by atoms with E-state index in [9.17, 15) is 4.79 Å². The summed E-state index contributed by atoms with van der Waals surface area (Å²) in [6, 6.07) is 23.4. The monoisotopic (exact) mass is 412 g/mol. The number of hydrogen-bond donors (Lipinski definition) is 1. The average molecular weight is 412 g/mol. The molecule has 7 nitrogen and oxygen atoms in total. The number of rotatable bonds is 5. The van der Waals surface area contributed by atoms with Crippen LogP contribution in [-0.2, 0) is 11.2 Å². The Morgan fingerprint density at radius 3 is 2.67 bits per heavy atom. The number of para-hydroxylation sites is 1. The lowest BCUT2D eigenvalue weighted by atomic mass is 10.1. The average Bonchev–Trinajstić information content (AvgIpc) is 3.44. The van der Waals surface area contributed by atoms with E-state index in [4.69, 9.17) is 4.98 Å². The van der Waals surface area contributed by atoms with Crippen molar-refractivity contribution in [1.82, 2.24) is 25.2 Å². The Hall–Kier alpha value is -3.91. The number of carbonyl (C=O) groups is 1. The number of hydrogen-bond acceptors (Lipinski definition) is 6. The highest BCUT2D eigenvalue weighted by atomic mass is 32.1. The van der Waals surface area contributed by atoms with Crippen LogP contribution in [0.25, 0.3) is 26.5 Å². The third-order valence-electron chi connectivity index (χ3n) is 4.60. The Balaban J connectivity index is 1.28. The van der Waals surface area contributed by atoms with Gasteiger partial charge in [0.2, 0.25) is 5.91 Å². The number of benzene rings is 3. The molecule has 0 saturated carbocycles. The lowest BCUT2D eigenvalue weighted by Gasteiger charge is -2.07. The number of tetrazole rings is 1. The second kappa shape index (κ2) is 7.84. The standard InChI is InChI=1S/C22H16N6OS/c29-21(12-15-8-10-18(11-9-15)28-14-23-26-27-28)24-17-5-3-4-16(13-17)22-25-19-6-1-2-7-20(19)30-22/h1-11,13-14H,12H2,(H,24,29). The van der Waals surface area contributed by atoms with E-state index in [1.165, 1.54) is 6.33 Å². The van der Waals surface area contributed by atoms with Gasteiger partial charge in [0, 0.05) is 11.3 Å². The van der Waals surface area contributed by atoms with Crippen LogP contribution < -0.4 is 5.32 Å². The Morgan fingerprint density at radius 2 is 1.87 bits per heavy atom. The largest absolute Gasteiger partial charge is 0.326 e. The van der Waals surface area contributed by atoms with Gasteiger partial charge >= 0.3 is 0 Å². The molecule has 0 unspecified atom stereocenters. The Bertz CT molecular complexity index is 1280. The minimum Gasteiger partial charge on any atom is -0.326 e. The first-order valence-electron chi connectivity index (χ1n) is 9.33. The lowest BCUT2D eigenvalue weighted by molar-refractivity contribution is -0.115. The fourth-order valence-electron chi connectivity index (χ4n) is 3.16. The van der Waals surface area contributed by atoms with E-state index >= 15 is 0 Å². The van der Waals surface area contributed by atoms with E-state index in [1.807, 2.05) is 66.7 Å². The molecule has 0 bridgehead atoms. The summed E-state index contributed by atoms with van der Waals surface area (Å²) in [5.74, 6) is -0.0772. The molecule has 146 valence electrons. The number of fused-ring (bicyclic) bond motifs is 1. The van der Waals surface area contributed by atoms with Gasteiger partial charge in [0.15, 0.2) is 0 Å². The fourth-order valence-corrected chi connectivity index (χ4v) is 4.12.